The Morgan fingerprint density at radius 1 is 1.19 bits per heavy atom. The number of rotatable bonds is 3. The molecule has 3 aromatic heterocycles. The number of fused-ring (bicyclic) bond motifs is 1. The fraction of sp³-hybridized carbons (Fsp3) is 0.267. The standard InChI is InChI=1S/C15H15N5O/c1-15(2,10-21)20-9-13(7-18-20)11-3-4-14-12(5-16)6-17-19(14)8-11/h3-4,6-9,21H,10H2,1-2H3. The Bertz CT molecular complexity index is 837. The van der Waals surface area contributed by atoms with Gasteiger partial charge in [0, 0.05) is 23.5 Å². The molecule has 6 nitrogen and oxygen atoms in total. The number of pyridine rings is 1. The van der Waals surface area contributed by atoms with E-state index in [1.807, 2.05) is 38.4 Å². The summed E-state index contributed by atoms with van der Waals surface area (Å²) in [5.41, 5.74) is 2.78. The van der Waals surface area contributed by atoms with Crippen molar-refractivity contribution in [3.8, 4) is 17.2 Å². The minimum atomic E-state index is -0.442. The summed E-state index contributed by atoms with van der Waals surface area (Å²) >= 11 is 0. The van der Waals surface area contributed by atoms with E-state index >= 15 is 0 Å². The average Bonchev–Trinajstić information content (AvgIpc) is 3.13. The number of aliphatic hydroxyl groups is 1. The minimum absolute atomic E-state index is 0.0117. The molecule has 3 heterocycles. The molecule has 0 bridgehead atoms. The molecule has 0 unspecified atom stereocenters. The molecule has 0 aliphatic carbocycles. The first kappa shape index (κ1) is 13.3. The van der Waals surface area contributed by atoms with Crippen LogP contribution >= 0.6 is 0 Å². The van der Waals surface area contributed by atoms with E-state index in [0.29, 0.717) is 5.56 Å². The van der Waals surface area contributed by atoms with Crippen LogP contribution in [0.5, 0.6) is 0 Å². The van der Waals surface area contributed by atoms with Crippen LogP contribution < -0.4 is 0 Å². The van der Waals surface area contributed by atoms with Crippen LogP contribution in [0.3, 0.4) is 0 Å². The molecular weight excluding hydrogens is 266 g/mol. The van der Waals surface area contributed by atoms with Gasteiger partial charge in [-0.05, 0) is 19.9 Å². The van der Waals surface area contributed by atoms with Gasteiger partial charge in [0.05, 0.1) is 35.6 Å². The molecule has 0 aliphatic heterocycles. The van der Waals surface area contributed by atoms with E-state index in [-0.39, 0.29) is 6.61 Å². The van der Waals surface area contributed by atoms with Crippen LogP contribution in [0.4, 0.5) is 0 Å². The molecule has 1 N–H and O–H groups in total. The molecule has 106 valence electrons. The van der Waals surface area contributed by atoms with Crippen LogP contribution in [-0.2, 0) is 5.54 Å². The van der Waals surface area contributed by atoms with Gasteiger partial charge in [0.25, 0.3) is 0 Å². The van der Waals surface area contributed by atoms with Gasteiger partial charge in [0.1, 0.15) is 6.07 Å². The van der Waals surface area contributed by atoms with E-state index in [9.17, 15) is 5.11 Å². The van der Waals surface area contributed by atoms with Gasteiger partial charge in [0.15, 0.2) is 0 Å². The maximum Gasteiger partial charge on any atom is 0.103 e. The number of aromatic nitrogens is 4. The Morgan fingerprint density at radius 2 is 2.00 bits per heavy atom. The van der Waals surface area contributed by atoms with Crippen LogP contribution in [0, 0.1) is 11.3 Å². The second kappa shape index (κ2) is 4.72. The van der Waals surface area contributed by atoms with E-state index in [4.69, 9.17) is 5.26 Å². The zero-order valence-corrected chi connectivity index (χ0v) is 11.9. The summed E-state index contributed by atoms with van der Waals surface area (Å²) in [6.07, 6.45) is 7.07. The summed E-state index contributed by atoms with van der Waals surface area (Å²) in [5, 5.41) is 26.9. The van der Waals surface area contributed by atoms with E-state index in [1.54, 1.807) is 21.6 Å². The molecule has 0 aliphatic rings. The first-order chi connectivity index (χ1) is 10.0. The third-order valence-corrected chi connectivity index (χ3v) is 3.56. The highest BCUT2D eigenvalue weighted by Gasteiger charge is 2.20. The van der Waals surface area contributed by atoms with Crippen LogP contribution in [0.15, 0.2) is 36.9 Å². The molecule has 3 aromatic rings. The zero-order chi connectivity index (χ0) is 15.0. The third kappa shape index (κ3) is 2.18. The molecule has 0 spiro atoms. The molecule has 0 aromatic carbocycles. The smallest absolute Gasteiger partial charge is 0.103 e. The normalized spacial score (nSPS) is 11.7. The Morgan fingerprint density at radius 3 is 2.71 bits per heavy atom. The van der Waals surface area contributed by atoms with E-state index in [1.165, 1.54) is 0 Å². The van der Waals surface area contributed by atoms with E-state index < -0.39 is 5.54 Å². The van der Waals surface area contributed by atoms with Crippen molar-refractivity contribution in [3.05, 3.63) is 42.5 Å². The molecule has 0 saturated heterocycles. The number of hydrogen-bond donors (Lipinski definition) is 1. The average molecular weight is 281 g/mol. The molecule has 0 atom stereocenters. The van der Waals surface area contributed by atoms with E-state index in [2.05, 4.69) is 16.3 Å². The summed E-state index contributed by atoms with van der Waals surface area (Å²) in [4.78, 5) is 0. The van der Waals surface area contributed by atoms with Crippen molar-refractivity contribution in [2.45, 2.75) is 19.4 Å². The summed E-state index contributed by atoms with van der Waals surface area (Å²) < 4.78 is 3.43. The van der Waals surface area contributed by atoms with Crippen molar-refractivity contribution < 1.29 is 5.11 Å². The first-order valence-corrected chi connectivity index (χ1v) is 6.59. The van der Waals surface area contributed by atoms with Gasteiger partial charge in [-0.1, -0.05) is 6.07 Å². The number of nitrogens with zero attached hydrogens (tertiary/aromatic N) is 5. The van der Waals surface area contributed by atoms with Crippen molar-refractivity contribution in [2.75, 3.05) is 6.61 Å². The molecule has 0 fully saturated rings. The molecule has 6 heteroatoms. The lowest BCUT2D eigenvalue weighted by Gasteiger charge is -2.22. The monoisotopic (exact) mass is 281 g/mol. The van der Waals surface area contributed by atoms with Crippen molar-refractivity contribution in [1.29, 1.82) is 5.26 Å². The second-order valence-electron chi connectivity index (χ2n) is 5.56. The highest BCUT2D eigenvalue weighted by Crippen LogP contribution is 2.23. The maximum absolute atomic E-state index is 9.39. The minimum Gasteiger partial charge on any atom is -0.394 e. The Labute approximate surface area is 121 Å². The fourth-order valence-electron chi connectivity index (χ4n) is 2.12. The first-order valence-electron chi connectivity index (χ1n) is 6.59. The van der Waals surface area contributed by atoms with Crippen LogP contribution in [-0.4, -0.2) is 31.1 Å². The highest BCUT2D eigenvalue weighted by atomic mass is 16.3. The number of hydrogen-bond acceptors (Lipinski definition) is 4. The molecule has 0 amide bonds. The van der Waals surface area contributed by atoms with Crippen molar-refractivity contribution in [3.63, 3.8) is 0 Å². The SMILES string of the molecule is CC(C)(CO)n1cc(-c2ccc3c(C#N)cnn3c2)cn1. The van der Waals surface area contributed by atoms with Gasteiger partial charge >= 0.3 is 0 Å². The molecule has 3 rings (SSSR count). The summed E-state index contributed by atoms with van der Waals surface area (Å²) in [6, 6.07) is 5.92. The predicted molar refractivity (Wildman–Crippen MR) is 77.5 cm³/mol. The summed E-state index contributed by atoms with van der Waals surface area (Å²) in [6.45, 7) is 3.84. The molecule has 0 radical (unpaired) electrons. The quantitative estimate of drug-likeness (QED) is 0.794. The Balaban J connectivity index is 2.03. The second-order valence-corrected chi connectivity index (χ2v) is 5.56. The molecule has 0 saturated carbocycles. The maximum atomic E-state index is 9.39. The topological polar surface area (TPSA) is 79.1 Å². The fourth-order valence-corrected chi connectivity index (χ4v) is 2.12. The summed E-state index contributed by atoms with van der Waals surface area (Å²) in [5.74, 6) is 0. The van der Waals surface area contributed by atoms with Crippen LogP contribution in [0.1, 0.15) is 19.4 Å². The van der Waals surface area contributed by atoms with Gasteiger partial charge in [0.2, 0.25) is 0 Å². The summed E-state index contributed by atoms with van der Waals surface area (Å²) in [7, 11) is 0. The van der Waals surface area contributed by atoms with Crippen molar-refractivity contribution >= 4 is 5.52 Å². The number of aliphatic hydroxyl groups excluding tert-OH is 1. The lowest BCUT2D eigenvalue weighted by atomic mass is 10.1. The predicted octanol–water partition coefficient (Wildman–Crippen LogP) is 1.80. The van der Waals surface area contributed by atoms with E-state index in [0.717, 1.165) is 16.6 Å². The van der Waals surface area contributed by atoms with Crippen LogP contribution in [0.25, 0.3) is 16.6 Å². The Hall–Kier alpha value is -2.65. The Kier molecular flexibility index (Phi) is 3.00. The van der Waals surface area contributed by atoms with Crippen LogP contribution in [0.2, 0.25) is 0 Å². The largest absolute Gasteiger partial charge is 0.394 e. The van der Waals surface area contributed by atoms with Gasteiger partial charge in [-0.3, -0.25) is 4.68 Å². The van der Waals surface area contributed by atoms with Gasteiger partial charge in [-0.25, -0.2) is 4.52 Å². The van der Waals surface area contributed by atoms with Crippen molar-refractivity contribution in [1.82, 2.24) is 19.4 Å². The number of nitriles is 1. The highest BCUT2D eigenvalue weighted by molar-refractivity contribution is 5.67. The van der Waals surface area contributed by atoms with Gasteiger partial charge in [-0.2, -0.15) is 15.5 Å². The van der Waals surface area contributed by atoms with Gasteiger partial charge < -0.3 is 5.11 Å². The molecular formula is C15H15N5O. The van der Waals surface area contributed by atoms with Crippen molar-refractivity contribution in [2.24, 2.45) is 0 Å². The lowest BCUT2D eigenvalue weighted by Crippen LogP contribution is -2.30. The lowest BCUT2D eigenvalue weighted by molar-refractivity contribution is 0.152. The van der Waals surface area contributed by atoms with Gasteiger partial charge in [-0.15, -0.1) is 0 Å². The zero-order valence-electron chi connectivity index (χ0n) is 11.9. The molecule has 21 heavy (non-hydrogen) atoms. The third-order valence-electron chi connectivity index (χ3n) is 3.56.